The van der Waals surface area contributed by atoms with Gasteiger partial charge in [-0.25, -0.2) is 4.98 Å². The molecule has 0 spiro atoms. The first-order valence-electron chi connectivity index (χ1n) is 5.87. The summed E-state index contributed by atoms with van der Waals surface area (Å²) in [5.41, 5.74) is 3.24. The van der Waals surface area contributed by atoms with Crippen LogP contribution in [0.4, 0.5) is 5.69 Å². The van der Waals surface area contributed by atoms with E-state index in [0.717, 1.165) is 28.5 Å². The summed E-state index contributed by atoms with van der Waals surface area (Å²) >= 11 is 7.56. The Bertz CT molecular complexity index is 644. The van der Waals surface area contributed by atoms with E-state index in [1.165, 1.54) is 4.88 Å². The summed E-state index contributed by atoms with van der Waals surface area (Å²) in [5, 5.41) is 6.12. The maximum atomic E-state index is 5.89. The summed E-state index contributed by atoms with van der Waals surface area (Å²) in [5.74, 6) is 0. The monoisotopic (exact) mass is 289 g/mol. The number of hydrogen-bond acceptors (Lipinski definition) is 3. The molecule has 3 rings (SSSR count). The van der Waals surface area contributed by atoms with Crippen LogP contribution in [0, 0.1) is 0 Å². The highest BCUT2D eigenvalue weighted by atomic mass is 35.5. The van der Waals surface area contributed by atoms with Crippen LogP contribution in [0.15, 0.2) is 48.2 Å². The highest BCUT2D eigenvalue weighted by Crippen LogP contribution is 2.22. The molecule has 3 nitrogen and oxygen atoms in total. The van der Waals surface area contributed by atoms with Crippen LogP contribution >= 0.6 is 22.9 Å². The maximum absolute atomic E-state index is 5.89. The Morgan fingerprint density at radius 3 is 2.74 bits per heavy atom. The summed E-state index contributed by atoms with van der Waals surface area (Å²) in [4.78, 5) is 8.33. The molecule has 1 aromatic carbocycles. The zero-order valence-corrected chi connectivity index (χ0v) is 11.6. The van der Waals surface area contributed by atoms with Crippen molar-refractivity contribution in [3.63, 3.8) is 0 Å². The van der Waals surface area contributed by atoms with Crippen molar-refractivity contribution in [1.29, 1.82) is 0 Å². The molecule has 2 heterocycles. The maximum Gasteiger partial charge on any atom is 0.0924 e. The van der Waals surface area contributed by atoms with Crippen molar-refractivity contribution in [3.05, 3.63) is 58.1 Å². The lowest BCUT2D eigenvalue weighted by Gasteiger charge is -2.05. The predicted octanol–water partition coefficient (Wildman–Crippen LogP) is 4.40. The van der Waals surface area contributed by atoms with Gasteiger partial charge in [-0.3, -0.25) is 0 Å². The zero-order chi connectivity index (χ0) is 13.1. The number of nitrogens with zero attached hydrogens (tertiary/aromatic N) is 1. The van der Waals surface area contributed by atoms with Crippen molar-refractivity contribution in [1.82, 2.24) is 9.97 Å². The molecule has 0 fully saturated rings. The van der Waals surface area contributed by atoms with Gasteiger partial charge in [0.1, 0.15) is 0 Å². The summed E-state index contributed by atoms with van der Waals surface area (Å²) in [6.45, 7) is 0.792. The Kier molecular flexibility index (Phi) is 3.53. The first-order chi connectivity index (χ1) is 9.31. The predicted molar refractivity (Wildman–Crippen MR) is 80.7 cm³/mol. The molecule has 0 aliphatic heterocycles. The number of benzene rings is 1. The van der Waals surface area contributed by atoms with Crippen molar-refractivity contribution in [2.45, 2.75) is 6.54 Å². The summed E-state index contributed by atoms with van der Waals surface area (Å²) in [7, 11) is 0. The number of aromatic nitrogens is 2. The number of anilines is 1. The van der Waals surface area contributed by atoms with Crippen molar-refractivity contribution < 1.29 is 0 Å². The number of imidazole rings is 1. The molecule has 3 aromatic rings. The van der Waals surface area contributed by atoms with E-state index >= 15 is 0 Å². The third-order valence-corrected chi connectivity index (χ3v) is 4.07. The van der Waals surface area contributed by atoms with E-state index in [1.54, 1.807) is 17.7 Å². The molecule has 0 amide bonds. The lowest BCUT2D eigenvalue weighted by Crippen LogP contribution is -1.96. The second-order valence-electron chi connectivity index (χ2n) is 4.13. The van der Waals surface area contributed by atoms with Gasteiger partial charge in [0.2, 0.25) is 0 Å². The normalized spacial score (nSPS) is 10.6. The van der Waals surface area contributed by atoms with Crippen molar-refractivity contribution in [2.24, 2.45) is 0 Å². The molecule has 19 heavy (non-hydrogen) atoms. The van der Waals surface area contributed by atoms with Gasteiger partial charge in [-0.1, -0.05) is 23.7 Å². The molecule has 0 radical (unpaired) electrons. The third kappa shape index (κ3) is 2.97. The minimum Gasteiger partial charge on any atom is -0.380 e. The third-order valence-electron chi connectivity index (χ3n) is 2.78. The van der Waals surface area contributed by atoms with Gasteiger partial charge in [0.25, 0.3) is 0 Å². The smallest absolute Gasteiger partial charge is 0.0924 e. The molecule has 0 aliphatic carbocycles. The van der Waals surface area contributed by atoms with E-state index in [0.29, 0.717) is 0 Å². The summed E-state index contributed by atoms with van der Waals surface area (Å²) < 4.78 is 0. The van der Waals surface area contributed by atoms with Crippen molar-refractivity contribution in [2.75, 3.05) is 5.32 Å². The first kappa shape index (κ1) is 12.3. The second-order valence-corrected chi connectivity index (χ2v) is 5.56. The highest BCUT2D eigenvalue weighted by Gasteiger charge is 2.00. The van der Waals surface area contributed by atoms with E-state index in [4.69, 9.17) is 11.6 Å². The Morgan fingerprint density at radius 2 is 2.11 bits per heavy atom. The molecule has 2 N–H and O–H groups in total. The molecule has 0 atom stereocenters. The number of nitrogens with one attached hydrogen (secondary N) is 2. The van der Waals surface area contributed by atoms with Crippen molar-refractivity contribution >= 4 is 28.6 Å². The Morgan fingerprint density at radius 1 is 1.26 bits per heavy atom. The number of halogens is 1. The molecule has 0 aliphatic rings. The fourth-order valence-corrected chi connectivity index (χ4v) is 2.83. The van der Waals surface area contributed by atoms with Gasteiger partial charge in [-0.15, -0.1) is 11.3 Å². The molecule has 0 unspecified atom stereocenters. The van der Waals surface area contributed by atoms with Crippen LogP contribution in [0.2, 0.25) is 5.02 Å². The Labute approximate surface area is 120 Å². The van der Waals surface area contributed by atoms with Gasteiger partial charge in [0, 0.05) is 22.5 Å². The van der Waals surface area contributed by atoms with E-state index in [1.807, 2.05) is 17.6 Å². The topological polar surface area (TPSA) is 40.7 Å². The minimum atomic E-state index is 0.792. The number of aromatic amines is 1. The van der Waals surface area contributed by atoms with E-state index in [9.17, 15) is 0 Å². The average molecular weight is 290 g/mol. The van der Waals surface area contributed by atoms with Crippen LogP contribution in [-0.4, -0.2) is 9.97 Å². The second kappa shape index (κ2) is 5.47. The van der Waals surface area contributed by atoms with E-state index in [2.05, 4.69) is 39.6 Å². The largest absolute Gasteiger partial charge is 0.380 e. The minimum absolute atomic E-state index is 0.792. The molecule has 5 heteroatoms. The molecule has 0 bridgehead atoms. The number of rotatable bonds is 4. The molecule has 0 saturated heterocycles. The van der Waals surface area contributed by atoms with E-state index < -0.39 is 0 Å². The summed E-state index contributed by atoms with van der Waals surface area (Å²) in [6.07, 6.45) is 3.50. The molecule has 96 valence electrons. The molecular formula is C14H12ClN3S. The first-order valence-corrected chi connectivity index (χ1v) is 7.12. The zero-order valence-electron chi connectivity index (χ0n) is 10.1. The fraction of sp³-hybridized carbons (Fsp3) is 0.0714. The lowest BCUT2D eigenvalue weighted by molar-refractivity contribution is 1.19. The summed E-state index contributed by atoms with van der Waals surface area (Å²) in [6, 6.07) is 10.2. The van der Waals surface area contributed by atoms with Crippen LogP contribution in [0.3, 0.4) is 0 Å². The lowest BCUT2D eigenvalue weighted by atomic mass is 10.1. The Hall–Kier alpha value is -1.78. The van der Waals surface area contributed by atoms with Crippen LogP contribution in [0.1, 0.15) is 4.88 Å². The van der Waals surface area contributed by atoms with Gasteiger partial charge >= 0.3 is 0 Å². The number of hydrogen-bond donors (Lipinski definition) is 2. The number of H-pyrrole nitrogens is 1. The van der Waals surface area contributed by atoms with Gasteiger partial charge < -0.3 is 10.3 Å². The fourth-order valence-electron chi connectivity index (χ4n) is 1.82. The van der Waals surface area contributed by atoms with Crippen molar-refractivity contribution in [3.8, 4) is 11.3 Å². The van der Waals surface area contributed by atoms with Gasteiger partial charge in [0.05, 0.1) is 23.2 Å². The van der Waals surface area contributed by atoms with Crippen LogP contribution in [-0.2, 0) is 6.54 Å². The van der Waals surface area contributed by atoms with Crippen LogP contribution in [0.25, 0.3) is 11.3 Å². The van der Waals surface area contributed by atoms with Gasteiger partial charge in [-0.2, -0.15) is 0 Å². The van der Waals surface area contributed by atoms with Gasteiger partial charge in [-0.05, 0) is 23.8 Å². The quantitative estimate of drug-likeness (QED) is 0.747. The Balaban J connectivity index is 1.66. The average Bonchev–Trinajstić information content (AvgIpc) is 3.08. The molecule has 0 saturated carbocycles. The standard InChI is InChI=1S/C14H12ClN3S/c15-11-5-13(19-8-11)6-17-12-3-1-10(2-4-12)14-7-16-9-18-14/h1-5,7-9,17H,6H2,(H,16,18). The van der Waals surface area contributed by atoms with Crippen LogP contribution < -0.4 is 5.32 Å². The van der Waals surface area contributed by atoms with Crippen LogP contribution in [0.5, 0.6) is 0 Å². The molecule has 2 aromatic heterocycles. The highest BCUT2D eigenvalue weighted by molar-refractivity contribution is 7.10. The van der Waals surface area contributed by atoms with Gasteiger partial charge in [0.15, 0.2) is 0 Å². The SMILES string of the molecule is Clc1csc(CNc2ccc(-c3cnc[nH]3)cc2)c1. The molecular weight excluding hydrogens is 278 g/mol. The van der Waals surface area contributed by atoms with E-state index in [-0.39, 0.29) is 0 Å². The number of thiophene rings is 1.